The average molecular weight is 324 g/mol. The van der Waals surface area contributed by atoms with Crippen molar-refractivity contribution in [3.8, 4) is 0 Å². The highest BCUT2D eigenvalue weighted by Crippen LogP contribution is 2.18. The van der Waals surface area contributed by atoms with Gasteiger partial charge < -0.3 is 4.74 Å². The van der Waals surface area contributed by atoms with Crippen molar-refractivity contribution in [3.63, 3.8) is 0 Å². The molecule has 2 aromatic carbocycles. The van der Waals surface area contributed by atoms with Crippen molar-refractivity contribution in [1.29, 1.82) is 0 Å². The molecule has 0 N–H and O–H groups in total. The third kappa shape index (κ3) is 3.96. The number of benzene rings is 2. The Bertz CT molecular complexity index is 815. The minimum atomic E-state index is -0.455. The van der Waals surface area contributed by atoms with Gasteiger partial charge in [-0.3, -0.25) is 0 Å². The van der Waals surface area contributed by atoms with Gasteiger partial charge in [-0.1, -0.05) is 53.6 Å². The maximum atomic E-state index is 11.8. The molecule has 4 heteroatoms. The largest absolute Gasteiger partial charge is 0.403 e. The Hall–Kier alpha value is -2.65. The summed E-state index contributed by atoms with van der Waals surface area (Å²) in [5.74, 6) is -0.167. The van der Waals surface area contributed by atoms with E-state index < -0.39 is 5.97 Å². The Morgan fingerprint density at radius 2 is 1.61 bits per heavy atom. The van der Waals surface area contributed by atoms with Gasteiger partial charge in [0.25, 0.3) is 0 Å². The molecule has 0 unspecified atom stereocenters. The minimum Gasteiger partial charge on any atom is -0.403 e. The Morgan fingerprint density at radius 3 is 2.30 bits per heavy atom. The van der Waals surface area contributed by atoms with Crippen molar-refractivity contribution in [2.45, 2.75) is 6.92 Å². The van der Waals surface area contributed by atoms with Crippen LogP contribution in [0.25, 0.3) is 12.2 Å². The Kier molecular flexibility index (Phi) is 4.40. The lowest BCUT2D eigenvalue weighted by Crippen LogP contribution is -2.01. The van der Waals surface area contributed by atoms with Gasteiger partial charge in [0, 0.05) is 11.1 Å². The van der Waals surface area contributed by atoms with Crippen LogP contribution in [0.3, 0.4) is 0 Å². The number of cyclic esters (lactones) is 1. The summed E-state index contributed by atoms with van der Waals surface area (Å²) in [7, 11) is 0. The summed E-state index contributed by atoms with van der Waals surface area (Å²) in [6, 6.07) is 15.2. The van der Waals surface area contributed by atoms with E-state index in [2.05, 4.69) is 4.99 Å². The van der Waals surface area contributed by atoms with Crippen LogP contribution in [-0.4, -0.2) is 11.9 Å². The minimum absolute atomic E-state index is 0.274. The standard InChI is InChI=1S/C19H14ClNO2/c1-13-2-4-14(5-3-13)8-11-18-21-17(19(22)23-18)12-15-6-9-16(20)10-7-15/h2-12H,1H3/b11-8+,17-12-. The van der Waals surface area contributed by atoms with E-state index in [1.807, 2.05) is 49.4 Å². The Labute approximate surface area is 139 Å². The highest BCUT2D eigenvalue weighted by molar-refractivity contribution is 6.30. The number of rotatable bonds is 3. The number of aryl methyl sites for hydroxylation is 1. The summed E-state index contributed by atoms with van der Waals surface area (Å²) in [5, 5.41) is 0.645. The number of aliphatic imine (C=N–C) groups is 1. The lowest BCUT2D eigenvalue weighted by atomic mass is 10.1. The third-order valence-corrected chi connectivity index (χ3v) is 3.56. The quantitative estimate of drug-likeness (QED) is 0.608. The van der Waals surface area contributed by atoms with Gasteiger partial charge in [-0.25, -0.2) is 9.79 Å². The SMILES string of the molecule is Cc1ccc(/C=C/C2=NC(=C\c3ccc(Cl)cc3)/C(=O)O2)cc1. The highest BCUT2D eigenvalue weighted by Gasteiger charge is 2.20. The van der Waals surface area contributed by atoms with E-state index in [1.54, 1.807) is 24.3 Å². The first kappa shape index (κ1) is 15.3. The van der Waals surface area contributed by atoms with Crippen molar-refractivity contribution in [3.05, 3.63) is 82.0 Å². The van der Waals surface area contributed by atoms with Gasteiger partial charge in [0.05, 0.1) is 0 Å². The van der Waals surface area contributed by atoms with Crippen LogP contribution in [0.15, 0.2) is 65.3 Å². The van der Waals surface area contributed by atoms with Crippen LogP contribution in [0.5, 0.6) is 0 Å². The molecule has 0 saturated heterocycles. The van der Waals surface area contributed by atoms with Crippen LogP contribution in [0.2, 0.25) is 5.02 Å². The molecule has 0 radical (unpaired) electrons. The molecular formula is C19H14ClNO2. The molecular weight excluding hydrogens is 310 g/mol. The highest BCUT2D eigenvalue weighted by atomic mass is 35.5. The molecule has 0 bridgehead atoms. The number of halogens is 1. The van der Waals surface area contributed by atoms with Crippen LogP contribution in [0.1, 0.15) is 16.7 Å². The van der Waals surface area contributed by atoms with Crippen molar-refractivity contribution < 1.29 is 9.53 Å². The topological polar surface area (TPSA) is 38.7 Å². The van der Waals surface area contributed by atoms with Gasteiger partial charge >= 0.3 is 5.97 Å². The zero-order valence-electron chi connectivity index (χ0n) is 12.5. The molecule has 2 aromatic rings. The van der Waals surface area contributed by atoms with Crippen molar-refractivity contribution in [2.75, 3.05) is 0 Å². The lowest BCUT2D eigenvalue weighted by Gasteiger charge is -1.95. The first-order valence-corrected chi connectivity index (χ1v) is 7.51. The predicted molar refractivity (Wildman–Crippen MR) is 93.2 cm³/mol. The van der Waals surface area contributed by atoms with Crippen LogP contribution in [0.4, 0.5) is 0 Å². The fraction of sp³-hybridized carbons (Fsp3) is 0.0526. The van der Waals surface area contributed by atoms with Crippen molar-refractivity contribution >= 4 is 35.6 Å². The van der Waals surface area contributed by atoms with Crippen LogP contribution in [0, 0.1) is 6.92 Å². The molecule has 1 aliphatic rings. The monoisotopic (exact) mass is 323 g/mol. The maximum absolute atomic E-state index is 11.8. The smallest absolute Gasteiger partial charge is 0.363 e. The van der Waals surface area contributed by atoms with Gasteiger partial charge in [0.1, 0.15) is 0 Å². The first-order chi connectivity index (χ1) is 11.1. The van der Waals surface area contributed by atoms with E-state index >= 15 is 0 Å². The van der Waals surface area contributed by atoms with Gasteiger partial charge in [0.2, 0.25) is 5.90 Å². The van der Waals surface area contributed by atoms with Crippen LogP contribution in [-0.2, 0) is 9.53 Å². The summed E-state index contributed by atoms with van der Waals surface area (Å²) >= 11 is 5.84. The van der Waals surface area contributed by atoms with Crippen molar-refractivity contribution in [1.82, 2.24) is 0 Å². The van der Waals surface area contributed by atoms with Gasteiger partial charge in [-0.2, -0.15) is 0 Å². The second-order valence-corrected chi connectivity index (χ2v) is 5.60. The number of hydrogen-bond donors (Lipinski definition) is 0. The molecule has 1 heterocycles. The predicted octanol–water partition coefficient (Wildman–Crippen LogP) is 4.66. The maximum Gasteiger partial charge on any atom is 0.363 e. The van der Waals surface area contributed by atoms with Crippen LogP contribution >= 0.6 is 11.6 Å². The van der Waals surface area contributed by atoms with E-state index in [0.29, 0.717) is 5.02 Å². The fourth-order valence-electron chi connectivity index (χ4n) is 2.06. The first-order valence-electron chi connectivity index (χ1n) is 7.13. The summed E-state index contributed by atoms with van der Waals surface area (Å²) in [5.41, 5.74) is 3.33. The van der Waals surface area contributed by atoms with Gasteiger partial charge in [0.15, 0.2) is 5.70 Å². The zero-order valence-corrected chi connectivity index (χ0v) is 13.2. The third-order valence-electron chi connectivity index (χ3n) is 3.31. The molecule has 0 spiro atoms. The molecule has 0 atom stereocenters. The second kappa shape index (κ2) is 6.63. The Balaban J connectivity index is 1.78. The Morgan fingerprint density at radius 1 is 0.957 bits per heavy atom. The van der Waals surface area contributed by atoms with Gasteiger partial charge in [-0.15, -0.1) is 0 Å². The number of carbonyl (C=O) groups is 1. The molecule has 23 heavy (non-hydrogen) atoms. The molecule has 0 saturated carbocycles. The lowest BCUT2D eigenvalue weighted by molar-refractivity contribution is -0.129. The molecule has 0 amide bonds. The summed E-state index contributed by atoms with van der Waals surface area (Å²) in [4.78, 5) is 16.1. The van der Waals surface area contributed by atoms with E-state index in [-0.39, 0.29) is 11.6 Å². The molecule has 1 aliphatic heterocycles. The number of ether oxygens (including phenoxy) is 1. The summed E-state index contributed by atoms with van der Waals surface area (Å²) < 4.78 is 5.15. The van der Waals surface area contributed by atoms with E-state index in [4.69, 9.17) is 16.3 Å². The van der Waals surface area contributed by atoms with E-state index in [9.17, 15) is 4.79 Å². The number of carbonyl (C=O) groups excluding carboxylic acids is 1. The molecule has 3 nitrogen and oxygen atoms in total. The molecule has 114 valence electrons. The molecule has 0 aromatic heterocycles. The summed E-state index contributed by atoms with van der Waals surface area (Å²) in [6.07, 6.45) is 5.22. The summed E-state index contributed by atoms with van der Waals surface area (Å²) in [6.45, 7) is 2.03. The number of esters is 1. The second-order valence-electron chi connectivity index (χ2n) is 5.16. The van der Waals surface area contributed by atoms with Gasteiger partial charge in [-0.05, 0) is 42.3 Å². The normalized spacial score (nSPS) is 16.0. The zero-order chi connectivity index (χ0) is 16.2. The number of nitrogens with zero attached hydrogens (tertiary/aromatic N) is 1. The molecule has 0 fully saturated rings. The van der Waals surface area contributed by atoms with E-state index in [1.165, 1.54) is 5.56 Å². The number of hydrogen-bond acceptors (Lipinski definition) is 3. The van der Waals surface area contributed by atoms with Crippen molar-refractivity contribution in [2.24, 2.45) is 4.99 Å². The van der Waals surface area contributed by atoms with E-state index in [0.717, 1.165) is 11.1 Å². The van der Waals surface area contributed by atoms with Crippen LogP contribution < -0.4 is 0 Å². The molecule has 3 rings (SSSR count). The average Bonchev–Trinajstić information content (AvgIpc) is 2.89. The molecule has 0 aliphatic carbocycles. The fourth-order valence-corrected chi connectivity index (χ4v) is 2.18.